The predicted molar refractivity (Wildman–Crippen MR) is 77.9 cm³/mol. The van der Waals surface area contributed by atoms with E-state index in [1.54, 1.807) is 7.11 Å². The van der Waals surface area contributed by atoms with Crippen LogP contribution in [0.5, 0.6) is 5.75 Å². The van der Waals surface area contributed by atoms with Crippen molar-refractivity contribution in [2.24, 2.45) is 0 Å². The quantitative estimate of drug-likeness (QED) is 0.727. The monoisotopic (exact) mass is 274 g/mol. The molecule has 1 aliphatic rings. The number of fused-ring (bicyclic) bond motifs is 1. The first-order chi connectivity index (χ1) is 9.83. The number of methoxy groups -OCH3 is 1. The summed E-state index contributed by atoms with van der Waals surface area (Å²) in [6.45, 7) is 4.18. The third kappa shape index (κ3) is 4.22. The minimum Gasteiger partial charge on any atom is -0.493 e. The highest BCUT2D eigenvalue weighted by molar-refractivity contribution is 5.39. The van der Waals surface area contributed by atoms with Crippen LogP contribution in [0.15, 0.2) is 18.2 Å². The first-order valence-corrected chi connectivity index (χ1v) is 7.16. The van der Waals surface area contributed by atoms with Gasteiger partial charge in [0.25, 0.3) is 0 Å². The van der Waals surface area contributed by atoms with Crippen LogP contribution in [0.3, 0.4) is 0 Å². The first-order valence-electron chi connectivity index (χ1n) is 7.16. The van der Waals surface area contributed by atoms with Crippen molar-refractivity contribution in [3.05, 3.63) is 29.3 Å². The molecule has 0 unspecified atom stereocenters. The lowest BCUT2D eigenvalue weighted by Gasteiger charge is -2.20. The van der Waals surface area contributed by atoms with Crippen molar-refractivity contribution in [1.82, 2.24) is 4.90 Å². The molecule has 0 atom stereocenters. The Morgan fingerprint density at radius 2 is 2.25 bits per heavy atom. The predicted octanol–water partition coefficient (Wildman–Crippen LogP) is 2.03. The molecule has 0 amide bonds. The fourth-order valence-electron chi connectivity index (χ4n) is 2.45. The Labute approximate surface area is 120 Å². The summed E-state index contributed by atoms with van der Waals surface area (Å²) in [4.78, 5) is 2.29. The normalized spacial score (nSPS) is 13.1. The first kappa shape index (κ1) is 14.8. The Morgan fingerprint density at radius 3 is 3.05 bits per heavy atom. The number of ether oxygens (including phenoxy) is 2. The number of hydrogen-bond donors (Lipinski definition) is 0. The molecule has 1 aliphatic heterocycles. The lowest BCUT2D eigenvalue weighted by molar-refractivity contribution is 0.149. The van der Waals surface area contributed by atoms with E-state index in [0.29, 0.717) is 13.0 Å². The minimum atomic E-state index is 0.571. The molecule has 2 rings (SSSR count). The van der Waals surface area contributed by atoms with Gasteiger partial charge in [0.05, 0.1) is 19.3 Å². The van der Waals surface area contributed by atoms with Crippen LogP contribution in [0.4, 0.5) is 0 Å². The highest BCUT2D eigenvalue weighted by atomic mass is 16.5. The van der Waals surface area contributed by atoms with Gasteiger partial charge in [-0.3, -0.25) is 4.90 Å². The van der Waals surface area contributed by atoms with Crippen molar-refractivity contribution in [1.29, 1.82) is 5.26 Å². The molecule has 0 saturated carbocycles. The van der Waals surface area contributed by atoms with Gasteiger partial charge in [-0.15, -0.1) is 0 Å². The third-order valence-corrected chi connectivity index (χ3v) is 3.62. The third-order valence-electron chi connectivity index (χ3n) is 3.62. The molecule has 0 saturated heterocycles. The van der Waals surface area contributed by atoms with Crippen molar-refractivity contribution in [2.75, 3.05) is 40.0 Å². The minimum absolute atomic E-state index is 0.571. The Bertz CT molecular complexity index is 468. The van der Waals surface area contributed by atoms with Crippen LogP contribution in [0, 0.1) is 11.3 Å². The van der Waals surface area contributed by atoms with Crippen molar-refractivity contribution >= 4 is 0 Å². The maximum Gasteiger partial charge on any atom is 0.122 e. The molecule has 0 aliphatic carbocycles. The number of nitriles is 1. The summed E-state index contributed by atoms with van der Waals surface area (Å²) in [5, 5.41) is 8.71. The summed E-state index contributed by atoms with van der Waals surface area (Å²) in [6, 6.07) is 8.68. The van der Waals surface area contributed by atoms with Crippen LogP contribution >= 0.6 is 0 Å². The molecule has 0 bridgehead atoms. The van der Waals surface area contributed by atoms with Gasteiger partial charge < -0.3 is 9.47 Å². The van der Waals surface area contributed by atoms with Gasteiger partial charge in [0.1, 0.15) is 5.75 Å². The molecular weight excluding hydrogens is 252 g/mol. The van der Waals surface area contributed by atoms with Gasteiger partial charge in [0, 0.05) is 39.6 Å². The fourth-order valence-corrected chi connectivity index (χ4v) is 2.45. The summed E-state index contributed by atoms with van der Waals surface area (Å²) < 4.78 is 10.6. The summed E-state index contributed by atoms with van der Waals surface area (Å²) >= 11 is 0. The second-order valence-corrected chi connectivity index (χ2v) is 5.03. The van der Waals surface area contributed by atoms with Crippen LogP contribution in [-0.4, -0.2) is 44.9 Å². The van der Waals surface area contributed by atoms with E-state index in [-0.39, 0.29) is 0 Å². The van der Waals surface area contributed by atoms with E-state index < -0.39 is 0 Å². The van der Waals surface area contributed by atoms with Gasteiger partial charge >= 0.3 is 0 Å². The maximum absolute atomic E-state index is 8.71. The van der Waals surface area contributed by atoms with Gasteiger partial charge in [-0.1, -0.05) is 12.1 Å². The second-order valence-electron chi connectivity index (χ2n) is 5.03. The molecular formula is C16H22N2O2. The molecule has 0 aromatic heterocycles. The van der Waals surface area contributed by atoms with Crippen LogP contribution in [0.25, 0.3) is 0 Å². The molecule has 108 valence electrons. The Balaban J connectivity index is 1.86. The zero-order valence-corrected chi connectivity index (χ0v) is 12.1. The Kier molecular flexibility index (Phi) is 5.85. The largest absolute Gasteiger partial charge is 0.493 e. The molecule has 1 aromatic carbocycles. The molecule has 0 N–H and O–H groups in total. The van der Waals surface area contributed by atoms with E-state index in [1.807, 2.05) is 0 Å². The van der Waals surface area contributed by atoms with Gasteiger partial charge in [0.2, 0.25) is 0 Å². The second kappa shape index (κ2) is 7.88. The standard InChI is InChI=1S/C16H22N2O2/c1-19-12-10-18(8-2-7-17)9-5-14-3-4-16-15(13-14)6-11-20-16/h3-4,13H,2,5-6,8-12H2,1H3. The highest BCUT2D eigenvalue weighted by Crippen LogP contribution is 2.26. The van der Waals surface area contributed by atoms with E-state index >= 15 is 0 Å². The van der Waals surface area contributed by atoms with Gasteiger partial charge in [0.15, 0.2) is 0 Å². The molecule has 0 radical (unpaired) electrons. The summed E-state index contributed by atoms with van der Waals surface area (Å²) in [5.74, 6) is 1.04. The van der Waals surface area contributed by atoms with Crippen molar-refractivity contribution in [3.8, 4) is 11.8 Å². The van der Waals surface area contributed by atoms with Crippen molar-refractivity contribution in [3.63, 3.8) is 0 Å². The highest BCUT2D eigenvalue weighted by Gasteiger charge is 2.12. The molecule has 1 heterocycles. The average Bonchev–Trinajstić information content (AvgIpc) is 2.94. The molecule has 1 aromatic rings. The Hall–Kier alpha value is -1.57. The lowest BCUT2D eigenvalue weighted by atomic mass is 10.1. The van der Waals surface area contributed by atoms with Crippen LogP contribution in [0.2, 0.25) is 0 Å². The van der Waals surface area contributed by atoms with E-state index in [9.17, 15) is 0 Å². The van der Waals surface area contributed by atoms with Crippen LogP contribution in [-0.2, 0) is 17.6 Å². The number of benzene rings is 1. The molecule has 20 heavy (non-hydrogen) atoms. The summed E-state index contributed by atoms with van der Waals surface area (Å²) in [6.07, 6.45) is 2.59. The van der Waals surface area contributed by atoms with Crippen LogP contribution < -0.4 is 4.74 Å². The van der Waals surface area contributed by atoms with E-state index in [2.05, 4.69) is 29.2 Å². The van der Waals surface area contributed by atoms with Crippen LogP contribution in [0.1, 0.15) is 17.5 Å². The average molecular weight is 274 g/mol. The molecule has 0 spiro atoms. The number of hydrogen-bond acceptors (Lipinski definition) is 4. The zero-order chi connectivity index (χ0) is 14.2. The Morgan fingerprint density at radius 1 is 1.35 bits per heavy atom. The summed E-state index contributed by atoms with van der Waals surface area (Å²) in [5.41, 5.74) is 2.66. The van der Waals surface area contributed by atoms with Crippen molar-refractivity contribution < 1.29 is 9.47 Å². The van der Waals surface area contributed by atoms with E-state index in [1.165, 1.54) is 11.1 Å². The van der Waals surface area contributed by atoms with Crippen molar-refractivity contribution in [2.45, 2.75) is 19.3 Å². The SMILES string of the molecule is COCCN(CCC#N)CCc1ccc2c(c1)CCO2. The fraction of sp³-hybridized carbons (Fsp3) is 0.562. The molecule has 4 nitrogen and oxygen atoms in total. The molecule has 4 heteroatoms. The topological polar surface area (TPSA) is 45.5 Å². The smallest absolute Gasteiger partial charge is 0.122 e. The number of rotatable bonds is 8. The maximum atomic E-state index is 8.71. The van der Waals surface area contributed by atoms with Gasteiger partial charge in [-0.2, -0.15) is 5.26 Å². The summed E-state index contributed by atoms with van der Waals surface area (Å²) in [7, 11) is 1.71. The van der Waals surface area contributed by atoms with E-state index in [4.69, 9.17) is 14.7 Å². The van der Waals surface area contributed by atoms with E-state index in [0.717, 1.165) is 44.8 Å². The molecule has 0 fully saturated rings. The van der Waals surface area contributed by atoms with Gasteiger partial charge in [-0.25, -0.2) is 0 Å². The zero-order valence-electron chi connectivity index (χ0n) is 12.1. The van der Waals surface area contributed by atoms with Gasteiger partial charge in [-0.05, 0) is 23.6 Å². The number of nitrogens with zero attached hydrogens (tertiary/aromatic N) is 2. The lowest BCUT2D eigenvalue weighted by Crippen LogP contribution is -2.30.